The quantitative estimate of drug-likeness (QED) is 0.593. The van der Waals surface area contributed by atoms with E-state index in [1.807, 2.05) is 0 Å². The predicted molar refractivity (Wildman–Crippen MR) is 36.6 cm³/mol. The molecule has 0 radical (unpaired) electrons. The van der Waals surface area contributed by atoms with Gasteiger partial charge in [0.1, 0.15) is 5.25 Å². The van der Waals surface area contributed by atoms with Crippen molar-refractivity contribution >= 4 is 21.6 Å². The summed E-state index contributed by atoms with van der Waals surface area (Å²) in [6.45, 7) is 1.15. The van der Waals surface area contributed by atoms with Gasteiger partial charge >= 0.3 is 6.18 Å². The lowest BCUT2D eigenvalue weighted by Crippen LogP contribution is -2.21. The van der Waals surface area contributed by atoms with E-state index in [1.165, 1.54) is 0 Å². The summed E-state index contributed by atoms with van der Waals surface area (Å²) in [5.74, 6) is 0. The molecule has 0 spiro atoms. The third kappa shape index (κ3) is 3.97. The van der Waals surface area contributed by atoms with Gasteiger partial charge in [0, 0.05) is 0 Å². The molecular formula is C4H7F3S2. The van der Waals surface area contributed by atoms with Crippen molar-refractivity contribution in [1.29, 1.82) is 0 Å². The van der Waals surface area contributed by atoms with Gasteiger partial charge < -0.3 is 0 Å². The second-order valence-corrected chi connectivity index (χ2v) is 4.26. The van der Waals surface area contributed by atoms with Crippen molar-refractivity contribution in [1.82, 2.24) is 0 Å². The molecule has 1 unspecified atom stereocenters. The van der Waals surface area contributed by atoms with Crippen molar-refractivity contribution in [2.75, 3.05) is 6.26 Å². The summed E-state index contributed by atoms with van der Waals surface area (Å²) in [6.07, 6.45) is -2.42. The molecular weight excluding hydrogens is 169 g/mol. The molecule has 0 rings (SSSR count). The zero-order valence-electron chi connectivity index (χ0n) is 5.03. The van der Waals surface area contributed by atoms with E-state index in [1.54, 1.807) is 6.26 Å². The smallest absolute Gasteiger partial charge is 0.170 e. The van der Waals surface area contributed by atoms with Gasteiger partial charge in [0.15, 0.2) is 0 Å². The van der Waals surface area contributed by atoms with Crippen LogP contribution in [-0.2, 0) is 0 Å². The lowest BCUT2D eigenvalue weighted by molar-refractivity contribution is -0.124. The SMILES string of the molecule is CSSC(C)C(F)(F)F. The van der Waals surface area contributed by atoms with Gasteiger partial charge in [-0.15, -0.1) is 0 Å². The van der Waals surface area contributed by atoms with Gasteiger partial charge in [-0.1, -0.05) is 21.6 Å². The molecule has 0 aliphatic carbocycles. The van der Waals surface area contributed by atoms with Crippen molar-refractivity contribution < 1.29 is 13.2 Å². The zero-order valence-corrected chi connectivity index (χ0v) is 6.66. The molecule has 0 saturated heterocycles. The van der Waals surface area contributed by atoms with E-state index < -0.39 is 11.4 Å². The van der Waals surface area contributed by atoms with E-state index in [9.17, 15) is 13.2 Å². The van der Waals surface area contributed by atoms with Crippen LogP contribution >= 0.6 is 21.6 Å². The van der Waals surface area contributed by atoms with Gasteiger partial charge in [0.2, 0.25) is 0 Å². The van der Waals surface area contributed by atoms with Gasteiger partial charge in [-0.05, 0) is 13.2 Å². The molecule has 0 aromatic rings. The van der Waals surface area contributed by atoms with Crippen LogP contribution in [0.15, 0.2) is 0 Å². The Morgan fingerprint density at radius 1 is 1.33 bits per heavy atom. The van der Waals surface area contributed by atoms with Crippen LogP contribution in [0.3, 0.4) is 0 Å². The molecule has 0 aromatic heterocycles. The van der Waals surface area contributed by atoms with Gasteiger partial charge in [0.05, 0.1) is 0 Å². The van der Waals surface area contributed by atoms with Gasteiger partial charge in [-0.25, -0.2) is 0 Å². The molecule has 9 heavy (non-hydrogen) atoms. The minimum atomic E-state index is -4.05. The lowest BCUT2D eigenvalue weighted by atomic mass is 10.5. The summed E-state index contributed by atoms with van der Waals surface area (Å²) >= 11 is 0. The summed E-state index contributed by atoms with van der Waals surface area (Å²) in [7, 11) is 1.96. The Labute approximate surface area is 60.0 Å². The summed E-state index contributed by atoms with van der Waals surface area (Å²) in [5.41, 5.74) is 0. The third-order valence-electron chi connectivity index (χ3n) is 0.702. The van der Waals surface area contributed by atoms with Gasteiger partial charge in [-0.3, -0.25) is 0 Å². The average Bonchev–Trinajstić information content (AvgIpc) is 1.64. The summed E-state index contributed by atoms with van der Waals surface area (Å²) < 4.78 is 34.8. The predicted octanol–water partition coefficient (Wildman–Crippen LogP) is 2.95. The highest BCUT2D eigenvalue weighted by atomic mass is 33.1. The van der Waals surface area contributed by atoms with Crippen molar-refractivity contribution in [3.8, 4) is 0 Å². The molecule has 0 amide bonds. The van der Waals surface area contributed by atoms with Crippen LogP contribution < -0.4 is 0 Å². The minimum Gasteiger partial charge on any atom is -0.170 e. The van der Waals surface area contributed by atoms with Crippen molar-refractivity contribution in [3.05, 3.63) is 0 Å². The number of rotatable bonds is 2. The van der Waals surface area contributed by atoms with E-state index in [2.05, 4.69) is 0 Å². The Morgan fingerprint density at radius 2 is 1.78 bits per heavy atom. The van der Waals surface area contributed by atoms with Gasteiger partial charge in [-0.2, -0.15) is 13.2 Å². The molecule has 0 fully saturated rings. The Bertz CT molecular complexity index is 80.4. The van der Waals surface area contributed by atoms with Crippen molar-refractivity contribution in [3.63, 3.8) is 0 Å². The van der Waals surface area contributed by atoms with Crippen LogP contribution in [0.4, 0.5) is 13.2 Å². The van der Waals surface area contributed by atoms with Crippen LogP contribution in [0.5, 0.6) is 0 Å². The Morgan fingerprint density at radius 3 is 1.89 bits per heavy atom. The van der Waals surface area contributed by atoms with Crippen LogP contribution in [0.2, 0.25) is 0 Å². The molecule has 0 nitrogen and oxygen atoms in total. The maximum Gasteiger partial charge on any atom is 0.401 e. The summed E-state index contributed by atoms with van der Waals surface area (Å²) in [4.78, 5) is 0. The lowest BCUT2D eigenvalue weighted by Gasteiger charge is -2.12. The van der Waals surface area contributed by atoms with Crippen LogP contribution in [0, 0.1) is 0 Å². The van der Waals surface area contributed by atoms with E-state index >= 15 is 0 Å². The average molecular weight is 176 g/mol. The number of alkyl halides is 3. The van der Waals surface area contributed by atoms with Crippen molar-refractivity contribution in [2.45, 2.75) is 18.3 Å². The molecule has 56 valence electrons. The maximum absolute atomic E-state index is 11.6. The summed E-state index contributed by atoms with van der Waals surface area (Å²) in [5, 5.41) is -1.26. The second-order valence-electron chi connectivity index (χ2n) is 1.45. The minimum absolute atomic E-state index is 0.830. The monoisotopic (exact) mass is 176 g/mol. The summed E-state index contributed by atoms with van der Waals surface area (Å²) in [6, 6.07) is 0. The largest absolute Gasteiger partial charge is 0.401 e. The molecule has 0 aliphatic heterocycles. The molecule has 0 aliphatic rings. The van der Waals surface area contributed by atoms with Crippen LogP contribution in [0.1, 0.15) is 6.92 Å². The van der Waals surface area contributed by atoms with E-state index in [-0.39, 0.29) is 0 Å². The second kappa shape index (κ2) is 3.61. The molecule has 0 saturated carbocycles. The molecule has 0 aromatic carbocycles. The first kappa shape index (κ1) is 9.49. The first-order valence-corrected chi connectivity index (χ1v) is 4.86. The first-order chi connectivity index (χ1) is 3.98. The highest BCUT2D eigenvalue weighted by Crippen LogP contribution is 2.35. The molecule has 0 bridgehead atoms. The Hall–Kier alpha value is 0.490. The fourth-order valence-corrected chi connectivity index (χ4v) is 1.79. The third-order valence-corrected chi connectivity index (χ3v) is 2.89. The molecule has 5 heteroatoms. The first-order valence-electron chi connectivity index (χ1n) is 2.24. The zero-order chi connectivity index (χ0) is 7.49. The van der Waals surface area contributed by atoms with Crippen molar-refractivity contribution in [2.24, 2.45) is 0 Å². The molecule has 0 heterocycles. The molecule has 1 atom stereocenters. The van der Waals surface area contributed by atoms with Gasteiger partial charge in [0.25, 0.3) is 0 Å². The number of hydrogen-bond acceptors (Lipinski definition) is 2. The Balaban J connectivity index is 3.59. The van der Waals surface area contributed by atoms with Crippen LogP contribution in [-0.4, -0.2) is 17.7 Å². The van der Waals surface area contributed by atoms with E-state index in [0.29, 0.717) is 0 Å². The standard InChI is InChI=1S/C4H7F3S2/c1-3(9-8-2)4(5,6)7/h3H,1-2H3. The fraction of sp³-hybridized carbons (Fsp3) is 1.00. The molecule has 0 N–H and O–H groups in total. The Kier molecular flexibility index (Phi) is 3.80. The maximum atomic E-state index is 11.6. The van der Waals surface area contributed by atoms with E-state index in [4.69, 9.17) is 0 Å². The topological polar surface area (TPSA) is 0 Å². The van der Waals surface area contributed by atoms with E-state index in [0.717, 1.165) is 28.5 Å². The number of halogens is 3. The number of hydrogen-bond donors (Lipinski definition) is 0. The fourth-order valence-electron chi connectivity index (χ4n) is 0.199. The highest BCUT2D eigenvalue weighted by molar-refractivity contribution is 8.76. The normalized spacial score (nSPS) is 15.7. The highest BCUT2D eigenvalue weighted by Gasteiger charge is 2.36. The van der Waals surface area contributed by atoms with Crippen LogP contribution in [0.25, 0.3) is 0 Å².